The molecule has 0 aliphatic carbocycles. The molecule has 0 saturated carbocycles. The van der Waals surface area contributed by atoms with Crippen LogP contribution in [0.5, 0.6) is 0 Å². The van der Waals surface area contributed by atoms with E-state index in [9.17, 15) is 14.4 Å². The van der Waals surface area contributed by atoms with Crippen molar-refractivity contribution in [2.24, 2.45) is 0 Å². The Labute approximate surface area is 467 Å². The van der Waals surface area contributed by atoms with Crippen molar-refractivity contribution in [3.63, 3.8) is 0 Å². The lowest BCUT2D eigenvalue weighted by atomic mass is 9.82. The first-order valence-corrected chi connectivity index (χ1v) is 27.3. The summed E-state index contributed by atoms with van der Waals surface area (Å²) in [5.74, 6) is 20.5. The van der Waals surface area contributed by atoms with Crippen molar-refractivity contribution in [2.75, 3.05) is 0 Å². The molecule has 0 radical (unpaired) electrons. The van der Waals surface area contributed by atoms with Crippen molar-refractivity contribution < 1.29 is 14.4 Å². The zero-order chi connectivity index (χ0) is 57.7. The maximum absolute atomic E-state index is 14.3. The third-order valence-electron chi connectivity index (χ3n) is 15.1. The highest BCUT2D eigenvalue weighted by atomic mass is 16.1. The van der Waals surface area contributed by atoms with Crippen molar-refractivity contribution in [1.82, 2.24) is 0 Å². The van der Waals surface area contributed by atoms with Crippen molar-refractivity contribution in [3.05, 3.63) is 241 Å². The molecular formula is C75H78O3. The average molecular weight is 1030 g/mol. The Hall–Kier alpha value is -7.77. The highest BCUT2D eigenvalue weighted by molar-refractivity contribution is 6.14. The molecule has 0 heterocycles. The summed E-state index contributed by atoms with van der Waals surface area (Å²) in [7, 11) is 0. The fourth-order valence-electron chi connectivity index (χ4n) is 11.1. The van der Waals surface area contributed by atoms with Gasteiger partial charge in [-0.25, -0.2) is 0 Å². The Morgan fingerprint density at radius 3 is 0.500 bits per heavy atom. The number of aryl methyl sites for hydroxylation is 12. The molecule has 0 amide bonds. The van der Waals surface area contributed by atoms with Crippen molar-refractivity contribution >= 4 is 17.3 Å². The molecule has 0 saturated heterocycles. The topological polar surface area (TPSA) is 51.2 Å². The van der Waals surface area contributed by atoms with Crippen LogP contribution in [0.1, 0.15) is 227 Å². The minimum absolute atomic E-state index is 0.0262. The minimum atomic E-state index is -0.0262. The Morgan fingerprint density at radius 2 is 0.359 bits per heavy atom. The number of hydrogen-bond donors (Lipinski definition) is 0. The smallest absolute Gasteiger partial charge is 0.194 e. The third-order valence-corrected chi connectivity index (χ3v) is 15.1. The number of ketones is 3. The van der Waals surface area contributed by atoms with Gasteiger partial charge in [0, 0.05) is 66.8 Å². The summed E-state index contributed by atoms with van der Waals surface area (Å²) in [5, 5.41) is 0. The highest BCUT2D eigenvalue weighted by Crippen LogP contribution is 2.34. The number of hydrogen-bond acceptors (Lipinski definition) is 3. The highest BCUT2D eigenvalue weighted by Gasteiger charge is 2.26. The van der Waals surface area contributed by atoms with Crippen LogP contribution in [0.15, 0.2) is 91.0 Å². The van der Waals surface area contributed by atoms with Gasteiger partial charge in [-0.05, 0) is 237 Å². The van der Waals surface area contributed by atoms with Crippen LogP contribution in [-0.2, 0) is 16.2 Å². The van der Waals surface area contributed by atoms with Crippen LogP contribution in [0.2, 0.25) is 0 Å². The van der Waals surface area contributed by atoms with Crippen LogP contribution in [0, 0.1) is 119 Å². The zero-order valence-corrected chi connectivity index (χ0v) is 50.4. The van der Waals surface area contributed by atoms with E-state index in [-0.39, 0.29) is 33.6 Å². The molecule has 7 rings (SSSR count). The van der Waals surface area contributed by atoms with E-state index in [1.165, 1.54) is 16.7 Å². The van der Waals surface area contributed by atoms with Gasteiger partial charge < -0.3 is 0 Å². The maximum Gasteiger partial charge on any atom is 0.194 e. The predicted octanol–water partition coefficient (Wildman–Crippen LogP) is 17.2. The van der Waals surface area contributed by atoms with E-state index in [1.54, 1.807) is 0 Å². The standard InChI is InChI=1S/C75H78O3/c1-43-28-55(29-44(2)64(43)70(76)67-49(7)34-61(35-50(67)8)73(13,14)15)22-25-58-40-59(26-23-56-30-45(3)65(46(4)31-56)71(77)68-51(9)36-62(37-52(68)10)74(16,17)18)42-60(41-58)27-24-57-32-47(5)66(48(6)33-57)72(78)69-53(11)38-63(39-54(69)12)75(19,20)21/h28-42H,1-21H3. The molecule has 0 unspecified atom stereocenters. The largest absolute Gasteiger partial charge is 0.289 e. The summed E-state index contributed by atoms with van der Waals surface area (Å²) >= 11 is 0. The fourth-order valence-corrected chi connectivity index (χ4v) is 11.1. The van der Waals surface area contributed by atoms with Gasteiger partial charge in [0.25, 0.3) is 0 Å². The van der Waals surface area contributed by atoms with Crippen LogP contribution in [0.3, 0.4) is 0 Å². The van der Waals surface area contributed by atoms with E-state index >= 15 is 0 Å². The van der Waals surface area contributed by atoms with Gasteiger partial charge in [-0.15, -0.1) is 0 Å². The molecule has 0 aliphatic rings. The molecule has 78 heavy (non-hydrogen) atoms. The maximum atomic E-state index is 14.3. The minimum Gasteiger partial charge on any atom is -0.289 e. The van der Waals surface area contributed by atoms with Gasteiger partial charge in [-0.2, -0.15) is 0 Å². The summed E-state index contributed by atoms with van der Waals surface area (Å²) < 4.78 is 0. The van der Waals surface area contributed by atoms with E-state index in [1.807, 2.05) is 138 Å². The average Bonchev–Trinajstić information content (AvgIpc) is 3.30. The molecule has 396 valence electrons. The second-order valence-corrected chi connectivity index (χ2v) is 25.2. The van der Waals surface area contributed by atoms with Crippen LogP contribution in [-0.4, -0.2) is 17.3 Å². The normalized spacial score (nSPS) is 11.5. The quantitative estimate of drug-likeness (QED) is 0.123. The van der Waals surface area contributed by atoms with Crippen molar-refractivity contribution in [3.8, 4) is 35.5 Å². The lowest BCUT2D eigenvalue weighted by Gasteiger charge is -2.22. The van der Waals surface area contributed by atoms with Crippen molar-refractivity contribution in [2.45, 2.75) is 162 Å². The van der Waals surface area contributed by atoms with E-state index in [0.29, 0.717) is 16.7 Å². The second kappa shape index (κ2) is 21.9. The molecule has 0 atom stereocenters. The monoisotopic (exact) mass is 1030 g/mol. The van der Waals surface area contributed by atoms with Crippen molar-refractivity contribution in [1.29, 1.82) is 0 Å². The Morgan fingerprint density at radius 1 is 0.231 bits per heavy atom. The lowest BCUT2D eigenvalue weighted by molar-refractivity contribution is 0.102. The van der Waals surface area contributed by atoms with Gasteiger partial charge in [0.15, 0.2) is 17.3 Å². The van der Waals surface area contributed by atoms with Gasteiger partial charge in [0.05, 0.1) is 0 Å². The van der Waals surface area contributed by atoms with Gasteiger partial charge in [-0.1, -0.05) is 134 Å². The third kappa shape index (κ3) is 12.5. The SMILES string of the molecule is Cc1cc(C#Cc2cc(C#Cc3cc(C)c(C(=O)c4c(C)cc(C(C)(C)C)cc4C)c(C)c3)cc(C#Cc3cc(C)c(C(=O)c4c(C)cc(C(C)(C)C)cc4C)c(C)c3)c2)cc(C)c1C(=O)c1c(C)cc(C(C)(C)C)cc1C. The molecule has 0 bridgehead atoms. The second-order valence-electron chi connectivity index (χ2n) is 25.2. The summed E-state index contributed by atoms with van der Waals surface area (Å²) in [6.45, 7) is 43.8. The first-order chi connectivity index (χ1) is 36.2. The molecular weight excluding hydrogens is 949 g/mol. The van der Waals surface area contributed by atoms with Crippen LogP contribution >= 0.6 is 0 Å². The van der Waals surface area contributed by atoms with Gasteiger partial charge in [0.2, 0.25) is 0 Å². The Bertz CT molecular complexity index is 3310. The van der Waals surface area contributed by atoms with Gasteiger partial charge >= 0.3 is 0 Å². The number of rotatable bonds is 6. The Balaban J connectivity index is 1.27. The molecule has 0 fully saturated rings. The molecule has 3 heteroatoms. The summed E-state index contributed by atoms with van der Waals surface area (Å²) in [4.78, 5) is 42.9. The van der Waals surface area contributed by atoms with Crippen LogP contribution < -0.4 is 0 Å². The van der Waals surface area contributed by atoms with E-state index in [4.69, 9.17) is 0 Å². The number of carbonyl (C=O) groups excluding carboxylic acids is 3. The molecule has 0 N–H and O–H groups in total. The number of carbonyl (C=O) groups is 3. The molecule has 3 nitrogen and oxygen atoms in total. The van der Waals surface area contributed by atoms with Gasteiger partial charge in [0.1, 0.15) is 0 Å². The van der Waals surface area contributed by atoms with Gasteiger partial charge in [-0.3, -0.25) is 14.4 Å². The molecule has 7 aromatic carbocycles. The molecule has 7 aromatic rings. The van der Waals surface area contributed by atoms with E-state index < -0.39 is 0 Å². The Kier molecular flexibility index (Phi) is 16.3. The van der Waals surface area contributed by atoms with E-state index in [2.05, 4.69) is 134 Å². The van der Waals surface area contributed by atoms with Crippen LogP contribution in [0.4, 0.5) is 0 Å². The predicted molar refractivity (Wildman–Crippen MR) is 326 cm³/mol. The number of benzene rings is 7. The first-order valence-electron chi connectivity index (χ1n) is 27.3. The summed E-state index contributed by atoms with van der Waals surface area (Å²) in [5.41, 5.74) is 23.7. The van der Waals surface area contributed by atoms with E-state index in [0.717, 1.165) is 117 Å². The first kappa shape index (κ1) is 57.9. The molecule has 0 aromatic heterocycles. The molecule has 0 spiro atoms. The zero-order valence-electron chi connectivity index (χ0n) is 50.4. The summed E-state index contributed by atoms with van der Waals surface area (Å²) in [6.07, 6.45) is 0. The lowest BCUT2D eigenvalue weighted by Crippen LogP contribution is -2.15. The summed E-state index contributed by atoms with van der Waals surface area (Å²) in [6, 6.07) is 30.8. The van der Waals surface area contributed by atoms with Crippen LogP contribution in [0.25, 0.3) is 0 Å². The fraction of sp³-hybridized carbons (Fsp3) is 0.320. The molecule has 0 aliphatic heterocycles.